The van der Waals surface area contributed by atoms with Crippen LogP contribution in [0.15, 0.2) is 23.1 Å². The van der Waals surface area contributed by atoms with E-state index >= 15 is 0 Å². The van der Waals surface area contributed by atoms with Gasteiger partial charge in [0.25, 0.3) is 0 Å². The van der Waals surface area contributed by atoms with Gasteiger partial charge in [-0.1, -0.05) is 0 Å². The molecule has 0 amide bonds. The Labute approximate surface area is 118 Å². The van der Waals surface area contributed by atoms with E-state index in [0.717, 1.165) is 12.8 Å². The number of nitrogens with one attached hydrogen (secondary N) is 1. The predicted octanol–water partition coefficient (Wildman–Crippen LogP) is 0.788. The van der Waals surface area contributed by atoms with Gasteiger partial charge in [0.1, 0.15) is 0 Å². The largest absolute Gasteiger partial charge is 0.454 e. The second-order valence-electron chi connectivity index (χ2n) is 4.98. The molecule has 0 spiro atoms. The fourth-order valence-corrected chi connectivity index (χ4v) is 4.06. The summed E-state index contributed by atoms with van der Waals surface area (Å²) in [6.45, 7) is 1.23. The van der Waals surface area contributed by atoms with Gasteiger partial charge in [-0.3, -0.25) is 0 Å². The molecule has 1 aromatic carbocycles. The van der Waals surface area contributed by atoms with Crippen molar-refractivity contribution in [1.29, 1.82) is 0 Å². The van der Waals surface area contributed by atoms with Gasteiger partial charge in [-0.05, 0) is 32.0 Å². The third kappa shape index (κ3) is 2.36. The zero-order valence-electron chi connectivity index (χ0n) is 11.3. The van der Waals surface area contributed by atoms with E-state index in [2.05, 4.69) is 5.32 Å². The molecule has 1 saturated heterocycles. The average molecular weight is 298 g/mol. The Hall–Kier alpha value is -1.31. The molecule has 1 fully saturated rings. The summed E-state index contributed by atoms with van der Waals surface area (Å²) < 4.78 is 37.2. The highest BCUT2D eigenvalue weighted by atomic mass is 32.2. The van der Waals surface area contributed by atoms with Crippen LogP contribution in [0.2, 0.25) is 0 Å². The minimum Gasteiger partial charge on any atom is -0.454 e. The molecule has 110 valence electrons. The number of hydrogen-bond donors (Lipinski definition) is 1. The monoisotopic (exact) mass is 298 g/mol. The highest BCUT2D eigenvalue weighted by Crippen LogP contribution is 2.35. The number of piperidine rings is 1. The van der Waals surface area contributed by atoms with E-state index in [1.165, 1.54) is 0 Å². The highest BCUT2D eigenvalue weighted by Gasteiger charge is 2.30. The summed E-state index contributed by atoms with van der Waals surface area (Å²) in [4.78, 5) is 0.268. The minimum absolute atomic E-state index is 0.145. The molecule has 2 aliphatic rings. The van der Waals surface area contributed by atoms with Crippen LogP contribution in [0, 0.1) is 0 Å². The number of sulfonamides is 1. The number of hydrogen-bond acceptors (Lipinski definition) is 5. The van der Waals surface area contributed by atoms with Crippen molar-refractivity contribution >= 4 is 10.0 Å². The van der Waals surface area contributed by atoms with Crippen molar-refractivity contribution in [3.05, 3.63) is 18.2 Å². The van der Waals surface area contributed by atoms with E-state index in [0.29, 0.717) is 30.6 Å². The lowest BCUT2D eigenvalue weighted by Gasteiger charge is -2.30. The molecule has 1 N–H and O–H groups in total. The zero-order valence-corrected chi connectivity index (χ0v) is 12.1. The Bertz CT molecular complexity index is 594. The topological polar surface area (TPSA) is 67.9 Å². The maximum absolute atomic E-state index is 12.6. The van der Waals surface area contributed by atoms with Gasteiger partial charge in [-0.25, -0.2) is 8.42 Å². The van der Waals surface area contributed by atoms with Gasteiger partial charge < -0.3 is 14.8 Å². The molecule has 7 heteroatoms. The summed E-state index contributed by atoms with van der Waals surface area (Å²) in [6, 6.07) is 5.17. The van der Waals surface area contributed by atoms with Crippen molar-refractivity contribution in [3.63, 3.8) is 0 Å². The molecule has 20 heavy (non-hydrogen) atoms. The lowest BCUT2D eigenvalue weighted by atomic mass is 10.1. The van der Waals surface area contributed by atoms with Crippen molar-refractivity contribution in [2.45, 2.75) is 23.8 Å². The van der Waals surface area contributed by atoms with E-state index in [1.54, 1.807) is 22.5 Å². The van der Waals surface area contributed by atoms with Crippen molar-refractivity contribution in [3.8, 4) is 11.5 Å². The van der Waals surface area contributed by atoms with Gasteiger partial charge in [0, 0.05) is 25.2 Å². The summed E-state index contributed by atoms with van der Waals surface area (Å²) in [5.74, 6) is 1.09. The molecule has 1 aromatic rings. The molecule has 0 atom stereocenters. The Morgan fingerprint density at radius 3 is 2.60 bits per heavy atom. The van der Waals surface area contributed by atoms with Crippen LogP contribution >= 0.6 is 0 Å². The molecule has 0 radical (unpaired) electrons. The van der Waals surface area contributed by atoms with Gasteiger partial charge in [-0.2, -0.15) is 4.31 Å². The minimum atomic E-state index is -3.45. The van der Waals surface area contributed by atoms with Gasteiger partial charge in [-0.15, -0.1) is 0 Å². The van der Waals surface area contributed by atoms with Crippen molar-refractivity contribution in [2.75, 3.05) is 26.9 Å². The number of fused-ring (bicyclic) bond motifs is 1. The lowest BCUT2D eigenvalue weighted by molar-refractivity contribution is 0.174. The third-order valence-corrected chi connectivity index (χ3v) is 5.74. The van der Waals surface area contributed by atoms with Crippen LogP contribution in [-0.4, -0.2) is 45.7 Å². The second kappa shape index (κ2) is 5.23. The molecule has 2 heterocycles. The zero-order chi connectivity index (χ0) is 14.2. The summed E-state index contributed by atoms with van der Waals surface area (Å²) in [5.41, 5.74) is 0. The molecular weight excluding hydrogens is 280 g/mol. The highest BCUT2D eigenvalue weighted by molar-refractivity contribution is 7.89. The Kier molecular flexibility index (Phi) is 3.57. The first-order chi connectivity index (χ1) is 9.61. The van der Waals surface area contributed by atoms with Gasteiger partial charge in [0.2, 0.25) is 16.8 Å². The van der Waals surface area contributed by atoms with Crippen LogP contribution in [0.1, 0.15) is 12.8 Å². The SMILES string of the molecule is CNC1CCN(S(=O)(=O)c2ccc3c(c2)OCO3)CC1. The smallest absolute Gasteiger partial charge is 0.243 e. The predicted molar refractivity (Wildman–Crippen MR) is 73.4 cm³/mol. The maximum atomic E-state index is 12.6. The van der Waals surface area contributed by atoms with Crippen LogP contribution in [0.4, 0.5) is 0 Å². The normalized spacial score (nSPS) is 20.2. The van der Waals surface area contributed by atoms with E-state index < -0.39 is 10.0 Å². The first kappa shape index (κ1) is 13.7. The molecule has 0 unspecified atom stereocenters. The van der Waals surface area contributed by atoms with E-state index in [4.69, 9.17) is 9.47 Å². The summed E-state index contributed by atoms with van der Waals surface area (Å²) in [6.07, 6.45) is 1.67. The molecule has 0 bridgehead atoms. The molecule has 0 aliphatic carbocycles. The Morgan fingerprint density at radius 2 is 1.90 bits per heavy atom. The quantitative estimate of drug-likeness (QED) is 0.893. The van der Waals surface area contributed by atoms with Crippen LogP contribution < -0.4 is 14.8 Å². The number of nitrogens with zero attached hydrogens (tertiary/aromatic N) is 1. The fraction of sp³-hybridized carbons (Fsp3) is 0.538. The molecule has 0 saturated carbocycles. The molecule has 2 aliphatic heterocycles. The van der Waals surface area contributed by atoms with Crippen molar-refractivity contribution < 1.29 is 17.9 Å². The van der Waals surface area contributed by atoms with Crippen molar-refractivity contribution in [1.82, 2.24) is 9.62 Å². The van der Waals surface area contributed by atoms with Crippen molar-refractivity contribution in [2.24, 2.45) is 0 Å². The summed E-state index contributed by atoms with van der Waals surface area (Å²) in [7, 11) is -1.54. The molecule has 0 aromatic heterocycles. The Balaban J connectivity index is 1.82. The van der Waals surface area contributed by atoms with Crippen LogP contribution in [0.25, 0.3) is 0 Å². The fourth-order valence-electron chi connectivity index (χ4n) is 2.57. The average Bonchev–Trinajstić information content (AvgIpc) is 2.94. The first-order valence-corrected chi connectivity index (χ1v) is 8.12. The second-order valence-corrected chi connectivity index (χ2v) is 6.92. The van der Waals surface area contributed by atoms with Gasteiger partial charge >= 0.3 is 0 Å². The summed E-state index contributed by atoms with van der Waals surface area (Å²) >= 11 is 0. The van der Waals surface area contributed by atoms with Crippen LogP contribution in [0.3, 0.4) is 0 Å². The third-order valence-electron chi connectivity index (χ3n) is 3.84. The van der Waals surface area contributed by atoms with Crippen LogP contribution in [-0.2, 0) is 10.0 Å². The van der Waals surface area contributed by atoms with Crippen LogP contribution in [0.5, 0.6) is 11.5 Å². The lowest BCUT2D eigenvalue weighted by Crippen LogP contribution is -2.43. The van der Waals surface area contributed by atoms with Gasteiger partial charge in [0.15, 0.2) is 11.5 Å². The van der Waals surface area contributed by atoms with E-state index in [-0.39, 0.29) is 11.7 Å². The number of rotatable bonds is 3. The summed E-state index contributed by atoms with van der Waals surface area (Å²) in [5, 5.41) is 3.19. The molecular formula is C13H18N2O4S. The Morgan fingerprint density at radius 1 is 1.20 bits per heavy atom. The molecule has 3 rings (SSSR count). The standard InChI is InChI=1S/C13H18N2O4S/c1-14-10-4-6-15(7-5-10)20(16,17)11-2-3-12-13(8-11)19-9-18-12/h2-3,8,10,14H,4-7,9H2,1H3. The maximum Gasteiger partial charge on any atom is 0.243 e. The number of ether oxygens (including phenoxy) is 2. The number of benzene rings is 1. The van der Waals surface area contributed by atoms with E-state index in [1.807, 2.05) is 7.05 Å². The molecule has 6 nitrogen and oxygen atoms in total. The van der Waals surface area contributed by atoms with E-state index in [9.17, 15) is 8.42 Å². The van der Waals surface area contributed by atoms with Gasteiger partial charge in [0.05, 0.1) is 4.90 Å². The first-order valence-electron chi connectivity index (χ1n) is 6.68.